The van der Waals surface area contributed by atoms with Crippen molar-refractivity contribution < 1.29 is 4.79 Å². The third-order valence-corrected chi connectivity index (χ3v) is 4.20. The average Bonchev–Trinajstić information content (AvgIpc) is 2.34. The molecule has 0 aliphatic carbocycles. The van der Waals surface area contributed by atoms with E-state index in [2.05, 4.69) is 22.8 Å². The van der Waals surface area contributed by atoms with Crippen molar-refractivity contribution in [1.29, 1.82) is 0 Å². The molecular formula is C14H20N2OS. The minimum atomic E-state index is 0.156. The van der Waals surface area contributed by atoms with Crippen molar-refractivity contribution in [3.63, 3.8) is 0 Å². The standard InChI is InChI=1S/C14H20N2OS/c17-14(11-18-10-13-8-15-9-13)16-7-6-12-4-2-1-3-5-12/h1-5,13,15H,6-11H2,(H,16,17). The number of hydrogen-bond acceptors (Lipinski definition) is 3. The van der Waals surface area contributed by atoms with E-state index < -0.39 is 0 Å². The van der Waals surface area contributed by atoms with Gasteiger partial charge in [-0.3, -0.25) is 4.79 Å². The van der Waals surface area contributed by atoms with Crippen molar-refractivity contribution in [2.45, 2.75) is 6.42 Å². The molecule has 98 valence electrons. The summed E-state index contributed by atoms with van der Waals surface area (Å²) in [6.07, 6.45) is 0.907. The van der Waals surface area contributed by atoms with Crippen LogP contribution in [0.25, 0.3) is 0 Å². The van der Waals surface area contributed by atoms with E-state index in [-0.39, 0.29) is 5.91 Å². The molecule has 2 rings (SSSR count). The highest BCUT2D eigenvalue weighted by Gasteiger charge is 2.16. The van der Waals surface area contributed by atoms with Crippen molar-refractivity contribution in [2.24, 2.45) is 5.92 Å². The molecular weight excluding hydrogens is 244 g/mol. The number of rotatable bonds is 7. The second-order valence-electron chi connectivity index (χ2n) is 4.62. The molecule has 1 saturated heterocycles. The highest BCUT2D eigenvalue weighted by molar-refractivity contribution is 7.99. The topological polar surface area (TPSA) is 41.1 Å². The molecule has 2 N–H and O–H groups in total. The molecule has 0 aromatic heterocycles. The van der Waals surface area contributed by atoms with Crippen LogP contribution in [-0.4, -0.2) is 37.0 Å². The van der Waals surface area contributed by atoms with E-state index in [9.17, 15) is 4.79 Å². The van der Waals surface area contributed by atoms with Gasteiger partial charge in [-0.1, -0.05) is 30.3 Å². The number of benzene rings is 1. The minimum Gasteiger partial charge on any atom is -0.355 e. The Bertz CT molecular complexity index is 365. The van der Waals surface area contributed by atoms with Crippen LogP contribution in [0.4, 0.5) is 0 Å². The lowest BCUT2D eigenvalue weighted by molar-refractivity contribution is -0.118. The summed E-state index contributed by atoms with van der Waals surface area (Å²) < 4.78 is 0. The molecule has 4 heteroatoms. The van der Waals surface area contributed by atoms with E-state index in [0.29, 0.717) is 5.75 Å². The molecule has 0 saturated carbocycles. The normalized spacial score (nSPS) is 15.1. The summed E-state index contributed by atoms with van der Waals surface area (Å²) in [6.45, 7) is 2.96. The molecule has 1 aromatic carbocycles. The van der Waals surface area contributed by atoms with Crippen LogP contribution in [0.5, 0.6) is 0 Å². The molecule has 1 fully saturated rings. The van der Waals surface area contributed by atoms with Crippen molar-refractivity contribution in [1.82, 2.24) is 10.6 Å². The Morgan fingerprint density at radius 2 is 2.11 bits per heavy atom. The van der Waals surface area contributed by atoms with Gasteiger partial charge in [0.15, 0.2) is 0 Å². The Labute approximate surface area is 113 Å². The number of carbonyl (C=O) groups is 1. The summed E-state index contributed by atoms with van der Waals surface area (Å²) in [5, 5.41) is 6.20. The van der Waals surface area contributed by atoms with E-state index in [1.807, 2.05) is 18.2 Å². The van der Waals surface area contributed by atoms with Gasteiger partial charge in [0.1, 0.15) is 0 Å². The number of nitrogens with one attached hydrogen (secondary N) is 2. The van der Waals surface area contributed by atoms with Gasteiger partial charge in [-0.25, -0.2) is 0 Å². The minimum absolute atomic E-state index is 0.156. The second-order valence-corrected chi connectivity index (χ2v) is 5.66. The molecule has 0 radical (unpaired) electrons. The zero-order chi connectivity index (χ0) is 12.6. The molecule has 1 aromatic rings. The van der Waals surface area contributed by atoms with E-state index in [0.717, 1.165) is 37.7 Å². The Hall–Kier alpha value is -1.00. The fraction of sp³-hybridized carbons (Fsp3) is 0.500. The van der Waals surface area contributed by atoms with Gasteiger partial charge in [0.05, 0.1) is 5.75 Å². The summed E-state index contributed by atoms with van der Waals surface area (Å²) >= 11 is 1.74. The number of hydrogen-bond donors (Lipinski definition) is 2. The third-order valence-electron chi connectivity index (χ3n) is 3.03. The molecule has 0 unspecified atom stereocenters. The monoisotopic (exact) mass is 264 g/mol. The van der Waals surface area contributed by atoms with E-state index >= 15 is 0 Å². The number of thioether (sulfide) groups is 1. The quantitative estimate of drug-likeness (QED) is 0.780. The predicted octanol–water partition coefficient (Wildman–Crippen LogP) is 1.30. The maximum atomic E-state index is 11.6. The van der Waals surface area contributed by atoms with Crippen LogP contribution in [0, 0.1) is 5.92 Å². The molecule has 0 spiro atoms. The third kappa shape index (κ3) is 4.70. The van der Waals surface area contributed by atoms with Crippen LogP contribution in [0.3, 0.4) is 0 Å². The average molecular weight is 264 g/mol. The molecule has 3 nitrogen and oxygen atoms in total. The predicted molar refractivity (Wildman–Crippen MR) is 76.8 cm³/mol. The van der Waals surface area contributed by atoms with Crippen molar-refractivity contribution in [3.05, 3.63) is 35.9 Å². The van der Waals surface area contributed by atoms with Gasteiger partial charge >= 0.3 is 0 Å². The zero-order valence-corrected chi connectivity index (χ0v) is 11.3. The first kappa shape index (κ1) is 13.4. The molecule has 18 heavy (non-hydrogen) atoms. The summed E-state index contributed by atoms with van der Waals surface area (Å²) in [5.41, 5.74) is 1.27. The lowest BCUT2D eigenvalue weighted by Gasteiger charge is -2.26. The molecule has 1 aliphatic rings. The number of amides is 1. The Kier molecular flexibility index (Phi) is 5.55. The van der Waals surface area contributed by atoms with Gasteiger partial charge in [0.25, 0.3) is 0 Å². The molecule has 0 atom stereocenters. The first-order valence-electron chi connectivity index (χ1n) is 6.43. The van der Waals surface area contributed by atoms with Gasteiger partial charge in [-0.15, -0.1) is 0 Å². The van der Waals surface area contributed by atoms with Crippen LogP contribution in [0.1, 0.15) is 5.56 Å². The van der Waals surface area contributed by atoms with Gasteiger partial charge in [-0.05, 0) is 36.7 Å². The maximum Gasteiger partial charge on any atom is 0.230 e. The second kappa shape index (κ2) is 7.44. The Morgan fingerprint density at radius 3 is 2.78 bits per heavy atom. The van der Waals surface area contributed by atoms with Crippen LogP contribution in [0.15, 0.2) is 30.3 Å². The van der Waals surface area contributed by atoms with Gasteiger partial charge in [0, 0.05) is 6.54 Å². The van der Waals surface area contributed by atoms with Crippen molar-refractivity contribution in [3.8, 4) is 0 Å². The molecule has 1 amide bonds. The fourth-order valence-electron chi connectivity index (χ4n) is 1.83. The van der Waals surface area contributed by atoms with Crippen LogP contribution < -0.4 is 10.6 Å². The summed E-state index contributed by atoms with van der Waals surface area (Å²) in [7, 11) is 0. The molecule has 1 heterocycles. The first-order valence-corrected chi connectivity index (χ1v) is 7.59. The van der Waals surface area contributed by atoms with E-state index in [1.54, 1.807) is 11.8 Å². The van der Waals surface area contributed by atoms with E-state index in [1.165, 1.54) is 5.56 Å². The Balaban J connectivity index is 1.51. The highest BCUT2D eigenvalue weighted by atomic mass is 32.2. The molecule has 0 bridgehead atoms. The van der Waals surface area contributed by atoms with Gasteiger partial charge < -0.3 is 10.6 Å². The fourth-order valence-corrected chi connectivity index (χ4v) is 2.80. The van der Waals surface area contributed by atoms with Gasteiger partial charge in [-0.2, -0.15) is 11.8 Å². The lowest BCUT2D eigenvalue weighted by atomic mass is 10.1. The molecule has 1 aliphatic heterocycles. The van der Waals surface area contributed by atoms with Crippen molar-refractivity contribution >= 4 is 17.7 Å². The maximum absolute atomic E-state index is 11.6. The largest absolute Gasteiger partial charge is 0.355 e. The summed E-state index contributed by atoms with van der Waals surface area (Å²) in [5.74, 6) is 2.61. The number of carbonyl (C=O) groups excluding carboxylic acids is 1. The Morgan fingerprint density at radius 1 is 1.33 bits per heavy atom. The SMILES string of the molecule is O=C(CSCC1CNC1)NCCc1ccccc1. The van der Waals surface area contributed by atoms with Crippen molar-refractivity contribution in [2.75, 3.05) is 31.1 Å². The lowest BCUT2D eigenvalue weighted by Crippen LogP contribution is -2.43. The highest BCUT2D eigenvalue weighted by Crippen LogP contribution is 2.11. The smallest absolute Gasteiger partial charge is 0.230 e. The van der Waals surface area contributed by atoms with E-state index in [4.69, 9.17) is 0 Å². The van der Waals surface area contributed by atoms with Crippen LogP contribution in [-0.2, 0) is 11.2 Å². The van der Waals surface area contributed by atoms with Crippen LogP contribution in [0.2, 0.25) is 0 Å². The van der Waals surface area contributed by atoms with Crippen LogP contribution >= 0.6 is 11.8 Å². The summed E-state index contributed by atoms with van der Waals surface area (Å²) in [6, 6.07) is 10.2. The zero-order valence-electron chi connectivity index (χ0n) is 10.5. The van der Waals surface area contributed by atoms with Gasteiger partial charge in [0.2, 0.25) is 5.91 Å². The first-order chi connectivity index (χ1) is 8.84. The summed E-state index contributed by atoms with van der Waals surface area (Å²) in [4.78, 5) is 11.6.